The van der Waals surface area contributed by atoms with Gasteiger partial charge in [-0.05, 0) is 18.4 Å². The highest BCUT2D eigenvalue weighted by atomic mass is 16.6. The number of ether oxygens (including phenoxy) is 1. The minimum Gasteiger partial charge on any atom is -0.439 e. The van der Waals surface area contributed by atoms with Gasteiger partial charge >= 0.3 is 6.09 Å². The zero-order chi connectivity index (χ0) is 17.0. The largest absolute Gasteiger partial charge is 0.439 e. The van der Waals surface area contributed by atoms with Gasteiger partial charge in [-0.1, -0.05) is 50.1 Å². The Kier molecular flexibility index (Phi) is 5.53. The second-order valence-electron chi connectivity index (χ2n) is 6.16. The van der Waals surface area contributed by atoms with E-state index in [0.29, 0.717) is 0 Å². The summed E-state index contributed by atoms with van der Waals surface area (Å²) in [6.07, 6.45) is 0.741. The van der Waals surface area contributed by atoms with E-state index in [1.165, 1.54) is 0 Å². The lowest BCUT2D eigenvalue weighted by Crippen LogP contribution is -2.34. The summed E-state index contributed by atoms with van der Waals surface area (Å²) in [4.78, 5) is 36.5. The lowest BCUT2D eigenvalue weighted by Gasteiger charge is -2.19. The third-order valence-corrected chi connectivity index (χ3v) is 4.48. The number of hydrogen-bond donors (Lipinski definition) is 0. The minimum atomic E-state index is -0.603. The highest BCUT2D eigenvalue weighted by Crippen LogP contribution is 2.28. The molecule has 0 aliphatic carbocycles. The van der Waals surface area contributed by atoms with Crippen LogP contribution in [-0.2, 0) is 14.3 Å². The third-order valence-electron chi connectivity index (χ3n) is 4.48. The fourth-order valence-corrected chi connectivity index (χ4v) is 2.77. The number of nitrogens with zero attached hydrogens (tertiary/aromatic N) is 1. The van der Waals surface area contributed by atoms with Crippen LogP contribution < -0.4 is 0 Å². The molecule has 0 bridgehead atoms. The van der Waals surface area contributed by atoms with Gasteiger partial charge in [0, 0.05) is 12.3 Å². The first kappa shape index (κ1) is 17.2. The standard InChI is InChI=1S/C18H23NO4/c1-4-14(13(3)11-20)9-17(21)19-10-16(23-18(19)22)15-7-5-12(2)6-8-15/h5-8,11,13-14,16H,4,9-10H2,1-3H3/t13?,14-,16+/m0/s1. The van der Waals surface area contributed by atoms with Crippen molar-refractivity contribution in [3.8, 4) is 0 Å². The van der Waals surface area contributed by atoms with E-state index in [9.17, 15) is 14.4 Å². The molecular formula is C18H23NO4. The van der Waals surface area contributed by atoms with Gasteiger partial charge in [0.25, 0.3) is 0 Å². The Bertz CT molecular complexity index is 581. The van der Waals surface area contributed by atoms with Gasteiger partial charge in [-0.25, -0.2) is 9.69 Å². The van der Waals surface area contributed by atoms with Crippen molar-refractivity contribution < 1.29 is 19.1 Å². The smallest absolute Gasteiger partial charge is 0.417 e. The molecule has 2 rings (SSSR count). The Balaban J connectivity index is 2.03. The topological polar surface area (TPSA) is 63.7 Å². The fourth-order valence-electron chi connectivity index (χ4n) is 2.77. The molecular weight excluding hydrogens is 294 g/mol. The molecule has 1 unspecified atom stereocenters. The summed E-state index contributed by atoms with van der Waals surface area (Å²) in [5.41, 5.74) is 2.01. The molecule has 0 aromatic heterocycles. The van der Waals surface area contributed by atoms with E-state index in [0.717, 1.165) is 28.7 Å². The van der Waals surface area contributed by atoms with Crippen LogP contribution in [0.1, 0.15) is 43.9 Å². The third kappa shape index (κ3) is 3.97. The lowest BCUT2D eigenvalue weighted by atomic mass is 9.89. The number of benzene rings is 1. The Hall–Kier alpha value is -2.17. The van der Waals surface area contributed by atoms with Gasteiger partial charge in [0.15, 0.2) is 0 Å². The lowest BCUT2D eigenvalue weighted by molar-refractivity contribution is -0.129. The van der Waals surface area contributed by atoms with Crippen LogP contribution >= 0.6 is 0 Å². The molecule has 0 radical (unpaired) electrons. The molecule has 124 valence electrons. The molecule has 1 aliphatic heterocycles. The molecule has 5 nitrogen and oxygen atoms in total. The van der Waals surface area contributed by atoms with Crippen LogP contribution in [0.2, 0.25) is 0 Å². The number of carbonyl (C=O) groups excluding carboxylic acids is 3. The zero-order valence-corrected chi connectivity index (χ0v) is 13.8. The molecule has 5 heteroatoms. The first-order valence-corrected chi connectivity index (χ1v) is 7.99. The summed E-state index contributed by atoms with van der Waals surface area (Å²) in [7, 11) is 0. The Labute approximate surface area is 136 Å². The van der Waals surface area contributed by atoms with Crippen molar-refractivity contribution in [2.45, 2.75) is 39.7 Å². The molecule has 0 spiro atoms. The van der Waals surface area contributed by atoms with Gasteiger partial charge in [-0.2, -0.15) is 0 Å². The van der Waals surface area contributed by atoms with E-state index in [1.54, 1.807) is 6.92 Å². The van der Waals surface area contributed by atoms with E-state index in [-0.39, 0.29) is 30.7 Å². The van der Waals surface area contributed by atoms with Crippen LogP contribution in [-0.4, -0.2) is 29.7 Å². The minimum absolute atomic E-state index is 0.0498. The number of aldehydes is 1. The van der Waals surface area contributed by atoms with Gasteiger partial charge in [-0.3, -0.25) is 4.79 Å². The molecule has 1 heterocycles. The summed E-state index contributed by atoms with van der Waals surface area (Å²) >= 11 is 0. The number of rotatable bonds is 6. The summed E-state index contributed by atoms with van der Waals surface area (Å²) in [6, 6.07) is 7.72. The molecule has 1 aliphatic rings. The Morgan fingerprint density at radius 3 is 2.61 bits per heavy atom. The van der Waals surface area contributed by atoms with Crippen molar-refractivity contribution in [1.29, 1.82) is 0 Å². The molecule has 23 heavy (non-hydrogen) atoms. The van der Waals surface area contributed by atoms with Crippen molar-refractivity contribution >= 4 is 18.3 Å². The summed E-state index contributed by atoms with van der Waals surface area (Å²) in [6.45, 7) is 5.95. The van der Waals surface area contributed by atoms with Gasteiger partial charge in [0.1, 0.15) is 12.4 Å². The number of imide groups is 1. The first-order valence-electron chi connectivity index (χ1n) is 7.99. The van der Waals surface area contributed by atoms with Crippen LogP contribution in [0.5, 0.6) is 0 Å². The van der Waals surface area contributed by atoms with Crippen molar-refractivity contribution in [3.63, 3.8) is 0 Å². The quantitative estimate of drug-likeness (QED) is 0.755. The monoisotopic (exact) mass is 317 g/mol. The highest BCUT2D eigenvalue weighted by Gasteiger charge is 2.37. The summed E-state index contributed by atoms with van der Waals surface area (Å²) in [5, 5.41) is 0. The average Bonchev–Trinajstić information content (AvgIpc) is 2.94. The van der Waals surface area contributed by atoms with E-state index in [1.807, 2.05) is 38.1 Å². The van der Waals surface area contributed by atoms with Gasteiger partial charge in [-0.15, -0.1) is 0 Å². The molecule has 3 atom stereocenters. The molecule has 0 saturated carbocycles. The van der Waals surface area contributed by atoms with E-state index >= 15 is 0 Å². The van der Waals surface area contributed by atoms with Crippen LogP contribution in [0.25, 0.3) is 0 Å². The molecule has 1 aromatic rings. The Morgan fingerprint density at radius 2 is 2.04 bits per heavy atom. The van der Waals surface area contributed by atoms with Gasteiger partial charge in [0.05, 0.1) is 6.54 Å². The zero-order valence-electron chi connectivity index (χ0n) is 13.8. The average molecular weight is 317 g/mol. The second-order valence-corrected chi connectivity index (χ2v) is 6.16. The number of carbonyl (C=O) groups is 3. The first-order chi connectivity index (χ1) is 11.0. The van der Waals surface area contributed by atoms with Crippen molar-refractivity contribution in [1.82, 2.24) is 4.90 Å². The fraction of sp³-hybridized carbons (Fsp3) is 0.500. The number of aryl methyl sites for hydroxylation is 1. The molecule has 1 fully saturated rings. The Morgan fingerprint density at radius 1 is 1.39 bits per heavy atom. The number of hydrogen-bond acceptors (Lipinski definition) is 4. The normalized spacial score (nSPS) is 20.0. The second kappa shape index (κ2) is 7.40. The van der Waals surface area contributed by atoms with E-state index < -0.39 is 12.2 Å². The van der Waals surface area contributed by atoms with Gasteiger partial charge < -0.3 is 9.53 Å². The predicted octanol–water partition coefficient (Wildman–Crippen LogP) is 3.27. The SMILES string of the molecule is CC[C@@H](CC(=O)N1C[C@H](c2ccc(C)cc2)OC1=O)C(C)C=O. The molecule has 1 saturated heterocycles. The van der Waals surface area contributed by atoms with Crippen molar-refractivity contribution in [2.24, 2.45) is 11.8 Å². The van der Waals surface area contributed by atoms with E-state index in [2.05, 4.69) is 0 Å². The van der Waals surface area contributed by atoms with Gasteiger partial charge in [0.2, 0.25) is 5.91 Å². The summed E-state index contributed by atoms with van der Waals surface area (Å²) < 4.78 is 5.32. The maximum Gasteiger partial charge on any atom is 0.417 e. The molecule has 0 N–H and O–H groups in total. The van der Waals surface area contributed by atoms with Crippen molar-refractivity contribution in [3.05, 3.63) is 35.4 Å². The maximum absolute atomic E-state index is 12.4. The highest BCUT2D eigenvalue weighted by molar-refractivity contribution is 5.93. The van der Waals surface area contributed by atoms with E-state index in [4.69, 9.17) is 4.74 Å². The number of amides is 2. The molecule has 1 aromatic carbocycles. The van der Waals surface area contributed by atoms with Crippen LogP contribution in [0.4, 0.5) is 4.79 Å². The maximum atomic E-state index is 12.4. The molecule has 2 amide bonds. The number of cyclic esters (lactones) is 1. The van der Waals surface area contributed by atoms with Crippen LogP contribution in [0.15, 0.2) is 24.3 Å². The van der Waals surface area contributed by atoms with Crippen molar-refractivity contribution in [2.75, 3.05) is 6.54 Å². The van der Waals surface area contributed by atoms with Crippen LogP contribution in [0.3, 0.4) is 0 Å². The summed E-state index contributed by atoms with van der Waals surface area (Å²) in [5.74, 6) is -0.521. The van der Waals surface area contributed by atoms with Crippen LogP contribution in [0, 0.1) is 18.8 Å². The predicted molar refractivity (Wildman–Crippen MR) is 85.7 cm³/mol.